The van der Waals surface area contributed by atoms with Gasteiger partial charge in [-0.1, -0.05) is 37.3 Å². The summed E-state index contributed by atoms with van der Waals surface area (Å²) in [5, 5.41) is 10.2. The summed E-state index contributed by atoms with van der Waals surface area (Å²) < 4.78 is 0. The van der Waals surface area contributed by atoms with Gasteiger partial charge in [0.15, 0.2) is 0 Å². The molecule has 1 aliphatic rings. The van der Waals surface area contributed by atoms with Gasteiger partial charge in [0.05, 0.1) is 0 Å². The van der Waals surface area contributed by atoms with E-state index in [-0.39, 0.29) is 0 Å². The molecule has 0 heterocycles. The first-order valence-electron chi connectivity index (χ1n) is 7.26. The van der Waals surface area contributed by atoms with Crippen molar-refractivity contribution in [2.45, 2.75) is 34.1 Å². The van der Waals surface area contributed by atoms with Crippen LogP contribution in [0.15, 0.2) is 82.4 Å². The summed E-state index contributed by atoms with van der Waals surface area (Å²) in [6, 6.07) is 0. The summed E-state index contributed by atoms with van der Waals surface area (Å²) in [4.78, 5) is 0. The van der Waals surface area contributed by atoms with Gasteiger partial charge in [-0.25, -0.2) is 0 Å². The molecule has 1 aliphatic carbocycles. The molecular weight excluding hydrogens is 258 g/mol. The number of nitrogens with two attached hydrogens (primary N) is 1. The van der Waals surface area contributed by atoms with E-state index >= 15 is 0 Å². The smallest absolute Gasteiger partial charge is 0.123 e. The normalized spacial score (nSPS) is 19.4. The monoisotopic (exact) mass is 283 g/mol. The molecule has 0 bridgehead atoms. The third-order valence-electron chi connectivity index (χ3n) is 3.23. The van der Waals surface area contributed by atoms with Crippen LogP contribution >= 0.6 is 0 Å². The Hall–Kier alpha value is -2.22. The Morgan fingerprint density at radius 3 is 2.62 bits per heavy atom. The molecule has 0 fully saturated rings. The van der Waals surface area contributed by atoms with Crippen molar-refractivity contribution in [2.24, 2.45) is 5.73 Å². The molecule has 0 unspecified atom stereocenters. The minimum atomic E-state index is 0.323. The zero-order valence-electron chi connectivity index (χ0n) is 13.4. The van der Waals surface area contributed by atoms with Crippen LogP contribution in [0.1, 0.15) is 34.1 Å². The highest BCUT2D eigenvalue weighted by Crippen LogP contribution is 2.26. The summed E-state index contributed by atoms with van der Waals surface area (Å²) in [7, 11) is 0. The molecule has 2 heteroatoms. The first-order chi connectivity index (χ1) is 9.99. The highest BCUT2D eigenvalue weighted by Gasteiger charge is 2.10. The van der Waals surface area contributed by atoms with Crippen molar-refractivity contribution in [3.63, 3.8) is 0 Å². The van der Waals surface area contributed by atoms with E-state index in [9.17, 15) is 5.11 Å². The molecule has 0 saturated heterocycles. The Balaban J connectivity index is 3.16. The zero-order chi connectivity index (χ0) is 15.8. The van der Waals surface area contributed by atoms with Crippen LogP contribution < -0.4 is 5.73 Å². The molecule has 1 rings (SSSR count). The van der Waals surface area contributed by atoms with Crippen LogP contribution in [0.2, 0.25) is 0 Å². The van der Waals surface area contributed by atoms with Crippen LogP contribution in [0, 0.1) is 0 Å². The molecule has 0 aliphatic heterocycles. The Labute approximate surface area is 128 Å². The van der Waals surface area contributed by atoms with Crippen LogP contribution in [-0.4, -0.2) is 5.11 Å². The third kappa shape index (κ3) is 4.99. The van der Waals surface area contributed by atoms with Crippen molar-refractivity contribution in [3.05, 3.63) is 82.4 Å². The van der Waals surface area contributed by atoms with Gasteiger partial charge in [0.1, 0.15) is 5.76 Å². The maximum atomic E-state index is 10.2. The molecule has 0 radical (unpaired) electrons. The molecule has 0 amide bonds. The Morgan fingerprint density at radius 2 is 2.00 bits per heavy atom. The molecule has 112 valence electrons. The lowest BCUT2D eigenvalue weighted by Crippen LogP contribution is -1.92. The molecule has 0 aromatic rings. The predicted octanol–water partition coefficient (Wildman–Crippen LogP) is 5.02. The predicted molar refractivity (Wildman–Crippen MR) is 91.8 cm³/mol. The van der Waals surface area contributed by atoms with E-state index < -0.39 is 0 Å². The first kappa shape index (κ1) is 16.8. The second-order valence-corrected chi connectivity index (χ2v) is 5.05. The Morgan fingerprint density at radius 1 is 1.29 bits per heavy atom. The van der Waals surface area contributed by atoms with Crippen molar-refractivity contribution in [1.82, 2.24) is 0 Å². The van der Waals surface area contributed by atoms with E-state index in [0.29, 0.717) is 11.5 Å². The molecule has 0 aromatic heterocycles. The van der Waals surface area contributed by atoms with Crippen molar-refractivity contribution in [2.75, 3.05) is 0 Å². The number of aliphatic hydroxyl groups excluding tert-OH is 1. The standard InChI is InChI=1S/C19H25NO/c1-5-7-9-17(20)11-10-16-12-15(4)18(8-6-2)19(21)13-14(16)3/h5,7-13,21H,6,20H2,1-4H3/b7-5-,11-10+,17-9+,18-8-. The fourth-order valence-corrected chi connectivity index (χ4v) is 2.09. The van der Waals surface area contributed by atoms with Gasteiger partial charge in [0.25, 0.3) is 0 Å². The number of hydrogen-bond donors (Lipinski definition) is 2. The van der Waals surface area contributed by atoms with Crippen LogP contribution in [0.4, 0.5) is 0 Å². The summed E-state index contributed by atoms with van der Waals surface area (Å²) >= 11 is 0. The molecular formula is C19H25NO. The second-order valence-electron chi connectivity index (χ2n) is 5.05. The van der Waals surface area contributed by atoms with Crippen LogP contribution in [0.25, 0.3) is 0 Å². The van der Waals surface area contributed by atoms with Gasteiger partial charge in [-0.2, -0.15) is 0 Å². The van der Waals surface area contributed by atoms with E-state index in [4.69, 9.17) is 5.73 Å². The fourth-order valence-electron chi connectivity index (χ4n) is 2.09. The summed E-state index contributed by atoms with van der Waals surface area (Å²) in [6.45, 7) is 8.01. The lowest BCUT2D eigenvalue weighted by Gasteiger charge is -2.05. The van der Waals surface area contributed by atoms with E-state index in [1.54, 1.807) is 6.08 Å². The highest BCUT2D eigenvalue weighted by atomic mass is 16.3. The molecule has 2 nitrogen and oxygen atoms in total. The number of rotatable bonds is 4. The lowest BCUT2D eigenvalue weighted by molar-refractivity contribution is 0.424. The second kappa shape index (κ2) is 8.15. The number of allylic oxidation sites excluding steroid dienone is 11. The van der Waals surface area contributed by atoms with Gasteiger partial charge in [-0.3, -0.25) is 0 Å². The Bertz CT molecular complexity index is 593. The van der Waals surface area contributed by atoms with Crippen LogP contribution in [0.5, 0.6) is 0 Å². The fraction of sp³-hybridized carbons (Fsp3) is 0.263. The van der Waals surface area contributed by atoms with Crippen molar-refractivity contribution < 1.29 is 5.11 Å². The largest absolute Gasteiger partial charge is 0.507 e. The van der Waals surface area contributed by atoms with Gasteiger partial charge in [0, 0.05) is 11.3 Å². The third-order valence-corrected chi connectivity index (χ3v) is 3.23. The first-order valence-corrected chi connectivity index (χ1v) is 7.26. The highest BCUT2D eigenvalue weighted by molar-refractivity contribution is 5.55. The molecule has 0 atom stereocenters. The van der Waals surface area contributed by atoms with E-state index in [1.807, 2.05) is 57.2 Å². The SMILES string of the molecule is C\C=C/C=C(N)\C=C\C1=C(C)C=C(O)/C(=C\CC)C(C)=C1. The topological polar surface area (TPSA) is 46.2 Å². The molecule has 0 aromatic carbocycles. The summed E-state index contributed by atoms with van der Waals surface area (Å²) in [6.07, 6.45) is 16.4. The maximum Gasteiger partial charge on any atom is 0.123 e. The minimum Gasteiger partial charge on any atom is -0.507 e. The van der Waals surface area contributed by atoms with Crippen LogP contribution in [-0.2, 0) is 0 Å². The zero-order valence-corrected chi connectivity index (χ0v) is 13.4. The molecule has 3 N–H and O–H groups in total. The molecule has 0 saturated carbocycles. The molecule has 0 spiro atoms. The average Bonchev–Trinajstić information content (AvgIpc) is 2.54. The Kier molecular flexibility index (Phi) is 6.54. The van der Waals surface area contributed by atoms with Crippen molar-refractivity contribution >= 4 is 0 Å². The van der Waals surface area contributed by atoms with Crippen LogP contribution in [0.3, 0.4) is 0 Å². The van der Waals surface area contributed by atoms with Gasteiger partial charge in [-0.15, -0.1) is 0 Å². The van der Waals surface area contributed by atoms with E-state index in [1.165, 1.54) is 0 Å². The lowest BCUT2D eigenvalue weighted by atomic mass is 10.0. The summed E-state index contributed by atoms with van der Waals surface area (Å²) in [5.41, 5.74) is 10.6. The number of hydrogen-bond acceptors (Lipinski definition) is 2. The van der Waals surface area contributed by atoms with Gasteiger partial charge < -0.3 is 10.8 Å². The minimum absolute atomic E-state index is 0.323. The summed E-state index contributed by atoms with van der Waals surface area (Å²) in [5.74, 6) is 0.323. The van der Waals surface area contributed by atoms with E-state index in [0.717, 1.165) is 28.7 Å². The van der Waals surface area contributed by atoms with Gasteiger partial charge >= 0.3 is 0 Å². The van der Waals surface area contributed by atoms with Gasteiger partial charge in [0.2, 0.25) is 0 Å². The number of aliphatic hydroxyl groups is 1. The van der Waals surface area contributed by atoms with Crippen molar-refractivity contribution in [1.29, 1.82) is 0 Å². The van der Waals surface area contributed by atoms with Crippen molar-refractivity contribution in [3.8, 4) is 0 Å². The quantitative estimate of drug-likeness (QED) is 0.712. The van der Waals surface area contributed by atoms with E-state index in [2.05, 4.69) is 13.0 Å². The molecule has 21 heavy (non-hydrogen) atoms. The average molecular weight is 283 g/mol. The maximum absolute atomic E-state index is 10.2. The van der Waals surface area contributed by atoms with Gasteiger partial charge in [-0.05, 0) is 62.1 Å².